The zero-order valence-electron chi connectivity index (χ0n) is 8.86. The van der Waals surface area contributed by atoms with E-state index in [-0.39, 0.29) is 0 Å². The van der Waals surface area contributed by atoms with Gasteiger partial charge in [-0.05, 0) is 24.0 Å². The first-order chi connectivity index (χ1) is 6.88. The molecule has 0 amide bonds. The molecule has 14 heavy (non-hydrogen) atoms. The van der Waals surface area contributed by atoms with E-state index in [1.807, 2.05) is 12.1 Å². The van der Waals surface area contributed by atoms with Crippen LogP contribution in [0.4, 0.5) is 0 Å². The fraction of sp³-hybridized carbons (Fsp3) is 0.417. The van der Waals surface area contributed by atoms with Crippen LogP contribution in [-0.4, -0.2) is 12.8 Å². The summed E-state index contributed by atoms with van der Waals surface area (Å²) in [6.07, 6.45) is 3.80. The van der Waals surface area contributed by atoms with Gasteiger partial charge in [0.25, 0.3) is 0 Å². The Morgan fingerprint density at radius 2 is 2.07 bits per heavy atom. The first-order valence-corrected chi connectivity index (χ1v) is 5.11. The summed E-state index contributed by atoms with van der Waals surface area (Å²) >= 11 is 0. The van der Waals surface area contributed by atoms with Crippen LogP contribution in [0.1, 0.15) is 31.4 Å². The van der Waals surface area contributed by atoms with E-state index in [4.69, 9.17) is 4.84 Å². The first kappa shape index (κ1) is 10.8. The zero-order chi connectivity index (χ0) is 10.2. The Labute approximate surface area is 85.6 Å². The Kier molecular flexibility index (Phi) is 4.76. The molecule has 0 heterocycles. The molecule has 0 atom stereocenters. The molecule has 0 aromatic heterocycles. The highest BCUT2D eigenvalue weighted by Gasteiger charge is 1.95. The molecule has 0 saturated carbocycles. The van der Waals surface area contributed by atoms with Gasteiger partial charge in [-0.2, -0.15) is 0 Å². The number of aryl methyl sites for hydroxylation is 1. The van der Waals surface area contributed by atoms with E-state index in [0.29, 0.717) is 6.61 Å². The minimum absolute atomic E-state index is 0.685. The van der Waals surface area contributed by atoms with Gasteiger partial charge in [-0.25, -0.2) is 0 Å². The van der Waals surface area contributed by atoms with Crippen molar-refractivity contribution in [2.45, 2.75) is 26.7 Å². The molecule has 2 nitrogen and oxygen atoms in total. The van der Waals surface area contributed by atoms with Crippen molar-refractivity contribution < 1.29 is 4.84 Å². The van der Waals surface area contributed by atoms with E-state index in [1.54, 1.807) is 6.21 Å². The van der Waals surface area contributed by atoms with Crippen LogP contribution in [0, 0.1) is 0 Å². The minimum atomic E-state index is 0.685. The van der Waals surface area contributed by atoms with Crippen molar-refractivity contribution in [2.75, 3.05) is 6.61 Å². The van der Waals surface area contributed by atoms with E-state index < -0.39 is 0 Å². The van der Waals surface area contributed by atoms with Crippen LogP contribution in [0.25, 0.3) is 0 Å². The SMILES string of the molecule is CCCON=Cc1ccccc1CC. The van der Waals surface area contributed by atoms with Crippen LogP contribution in [0.3, 0.4) is 0 Å². The minimum Gasteiger partial charge on any atom is -0.396 e. The van der Waals surface area contributed by atoms with Gasteiger partial charge in [0, 0.05) is 0 Å². The summed E-state index contributed by atoms with van der Waals surface area (Å²) < 4.78 is 0. The Morgan fingerprint density at radius 1 is 1.29 bits per heavy atom. The molecule has 0 aliphatic heterocycles. The quantitative estimate of drug-likeness (QED) is 0.398. The number of rotatable bonds is 5. The average molecular weight is 191 g/mol. The molecule has 2 heteroatoms. The van der Waals surface area contributed by atoms with Crippen LogP contribution in [0.2, 0.25) is 0 Å². The largest absolute Gasteiger partial charge is 0.396 e. The van der Waals surface area contributed by atoms with Crippen LogP contribution < -0.4 is 0 Å². The second-order valence-electron chi connectivity index (χ2n) is 3.12. The highest BCUT2D eigenvalue weighted by molar-refractivity contribution is 5.81. The van der Waals surface area contributed by atoms with E-state index in [0.717, 1.165) is 18.4 Å². The zero-order valence-corrected chi connectivity index (χ0v) is 8.86. The molecule has 0 radical (unpaired) electrons. The third-order valence-corrected chi connectivity index (χ3v) is 2.00. The molecule has 1 aromatic carbocycles. The fourth-order valence-electron chi connectivity index (χ4n) is 1.22. The van der Waals surface area contributed by atoms with Gasteiger partial charge < -0.3 is 4.84 Å². The van der Waals surface area contributed by atoms with Gasteiger partial charge in [0.15, 0.2) is 0 Å². The lowest BCUT2D eigenvalue weighted by molar-refractivity contribution is 0.146. The predicted molar refractivity (Wildman–Crippen MR) is 59.7 cm³/mol. The summed E-state index contributed by atoms with van der Waals surface area (Å²) in [4.78, 5) is 5.06. The molecule has 0 bridgehead atoms. The van der Waals surface area contributed by atoms with Gasteiger partial charge in [-0.3, -0.25) is 0 Å². The van der Waals surface area contributed by atoms with Crippen LogP contribution in [-0.2, 0) is 11.3 Å². The van der Waals surface area contributed by atoms with Crippen molar-refractivity contribution in [3.63, 3.8) is 0 Å². The third-order valence-electron chi connectivity index (χ3n) is 2.00. The number of hydrogen-bond acceptors (Lipinski definition) is 2. The summed E-state index contributed by atoms with van der Waals surface area (Å²) in [5.41, 5.74) is 2.45. The Balaban J connectivity index is 2.61. The maximum absolute atomic E-state index is 5.06. The number of oxime groups is 1. The topological polar surface area (TPSA) is 21.6 Å². The third kappa shape index (κ3) is 3.21. The summed E-state index contributed by atoms with van der Waals surface area (Å²) in [5.74, 6) is 0. The maximum Gasteiger partial charge on any atom is 0.116 e. The normalized spacial score (nSPS) is 10.7. The maximum atomic E-state index is 5.06. The van der Waals surface area contributed by atoms with Crippen molar-refractivity contribution in [1.29, 1.82) is 0 Å². The summed E-state index contributed by atoms with van der Waals surface area (Å²) in [6, 6.07) is 8.22. The highest BCUT2D eigenvalue weighted by atomic mass is 16.6. The average Bonchev–Trinajstić information content (AvgIpc) is 2.25. The molecule has 0 aliphatic carbocycles. The summed E-state index contributed by atoms with van der Waals surface area (Å²) in [5, 5.41) is 3.91. The standard InChI is InChI=1S/C12H17NO/c1-3-9-14-13-10-12-8-6-5-7-11(12)4-2/h5-8,10H,3-4,9H2,1-2H3. The summed E-state index contributed by atoms with van der Waals surface area (Å²) in [6.45, 7) is 4.89. The number of benzene rings is 1. The molecule has 76 valence electrons. The lowest BCUT2D eigenvalue weighted by atomic mass is 10.1. The van der Waals surface area contributed by atoms with Gasteiger partial charge in [-0.15, -0.1) is 0 Å². The van der Waals surface area contributed by atoms with E-state index in [9.17, 15) is 0 Å². The van der Waals surface area contributed by atoms with Gasteiger partial charge in [-0.1, -0.05) is 43.3 Å². The molecule has 0 N–H and O–H groups in total. The van der Waals surface area contributed by atoms with Gasteiger partial charge in [0.2, 0.25) is 0 Å². The van der Waals surface area contributed by atoms with Crippen molar-refractivity contribution in [3.8, 4) is 0 Å². The summed E-state index contributed by atoms with van der Waals surface area (Å²) in [7, 11) is 0. The van der Waals surface area contributed by atoms with Crippen molar-refractivity contribution >= 4 is 6.21 Å². The molecule has 0 fully saturated rings. The molecule has 0 spiro atoms. The molecule has 0 aliphatic rings. The van der Waals surface area contributed by atoms with Crippen LogP contribution in [0.15, 0.2) is 29.4 Å². The molecule has 1 aromatic rings. The predicted octanol–water partition coefficient (Wildman–Crippen LogP) is 3.01. The molecule has 0 saturated heterocycles. The van der Waals surface area contributed by atoms with Crippen LogP contribution in [0.5, 0.6) is 0 Å². The molecule has 0 unspecified atom stereocenters. The first-order valence-electron chi connectivity index (χ1n) is 5.11. The smallest absolute Gasteiger partial charge is 0.116 e. The molecule has 1 rings (SSSR count). The van der Waals surface area contributed by atoms with Crippen molar-refractivity contribution in [2.24, 2.45) is 5.16 Å². The Bertz CT molecular complexity index is 294. The van der Waals surface area contributed by atoms with E-state index in [1.165, 1.54) is 5.56 Å². The Morgan fingerprint density at radius 3 is 2.79 bits per heavy atom. The van der Waals surface area contributed by atoms with Gasteiger partial charge in [0.05, 0.1) is 6.21 Å². The van der Waals surface area contributed by atoms with Crippen LogP contribution >= 0.6 is 0 Å². The number of hydrogen-bond donors (Lipinski definition) is 0. The number of nitrogens with zero attached hydrogens (tertiary/aromatic N) is 1. The second-order valence-corrected chi connectivity index (χ2v) is 3.12. The van der Waals surface area contributed by atoms with Gasteiger partial charge in [0.1, 0.15) is 6.61 Å². The fourth-order valence-corrected chi connectivity index (χ4v) is 1.22. The highest BCUT2D eigenvalue weighted by Crippen LogP contribution is 2.06. The van der Waals surface area contributed by atoms with Gasteiger partial charge >= 0.3 is 0 Å². The van der Waals surface area contributed by atoms with Crippen molar-refractivity contribution in [1.82, 2.24) is 0 Å². The molecular weight excluding hydrogens is 174 g/mol. The monoisotopic (exact) mass is 191 g/mol. The molecular formula is C12H17NO. The lowest BCUT2D eigenvalue weighted by Gasteiger charge is -2.01. The Hall–Kier alpha value is -1.31. The second kappa shape index (κ2) is 6.19. The lowest BCUT2D eigenvalue weighted by Crippen LogP contribution is -1.91. The van der Waals surface area contributed by atoms with Crippen molar-refractivity contribution in [3.05, 3.63) is 35.4 Å². The van der Waals surface area contributed by atoms with E-state index in [2.05, 4.69) is 31.1 Å². The van der Waals surface area contributed by atoms with E-state index >= 15 is 0 Å².